The van der Waals surface area contributed by atoms with E-state index in [0.717, 1.165) is 12.2 Å². The van der Waals surface area contributed by atoms with Gasteiger partial charge in [0.2, 0.25) is 0 Å². The Morgan fingerprint density at radius 3 is 2.62 bits per heavy atom. The molecular weight excluding hydrogens is 298 g/mol. The van der Waals surface area contributed by atoms with E-state index in [-0.39, 0.29) is 6.04 Å². The van der Waals surface area contributed by atoms with Crippen molar-refractivity contribution in [3.05, 3.63) is 35.7 Å². The van der Waals surface area contributed by atoms with Crippen LogP contribution in [-0.2, 0) is 6.42 Å². The molecule has 4 rings (SSSR count). The number of fused-ring (bicyclic) bond motifs is 1. The Morgan fingerprint density at radius 2 is 1.88 bits per heavy atom. The average molecular weight is 325 g/mol. The first-order chi connectivity index (χ1) is 11.7. The number of tetrazole rings is 1. The maximum absolute atomic E-state index is 4.49. The number of benzene rings is 1. The van der Waals surface area contributed by atoms with E-state index in [2.05, 4.69) is 70.1 Å². The van der Waals surface area contributed by atoms with E-state index >= 15 is 0 Å². The summed E-state index contributed by atoms with van der Waals surface area (Å²) in [5.41, 5.74) is 2.79. The third-order valence-corrected chi connectivity index (χ3v) is 5.64. The van der Waals surface area contributed by atoms with Crippen molar-refractivity contribution < 1.29 is 0 Å². The number of hydrogen-bond donors (Lipinski definition) is 0. The first-order valence-corrected chi connectivity index (χ1v) is 9.31. The number of hydrogen-bond acceptors (Lipinski definition) is 4. The Hall–Kier alpha value is -1.91. The molecule has 0 radical (unpaired) electrons. The van der Waals surface area contributed by atoms with Crippen molar-refractivity contribution in [3.8, 4) is 0 Å². The summed E-state index contributed by atoms with van der Waals surface area (Å²) in [6.45, 7) is 6.89. The SMILES string of the molecule is CC(C)[C@@H](c1nnnn1C1CCCC1)N1c2ccccc2C[C@H]1C. The van der Waals surface area contributed by atoms with Crippen LogP contribution < -0.4 is 4.90 Å². The first kappa shape index (κ1) is 15.6. The number of aromatic nitrogens is 4. The van der Waals surface area contributed by atoms with Crippen molar-refractivity contribution in [2.24, 2.45) is 5.92 Å². The van der Waals surface area contributed by atoms with Crippen LogP contribution >= 0.6 is 0 Å². The molecule has 1 aliphatic carbocycles. The number of anilines is 1. The van der Waals surface area contributed by atoms with Crippen molar-refractivity contribution in [1.82, 2.24) is 20.2 Å². The lowest BCUT2D eigenvalue weighted by atomic mass is 10.00. The summed E-state index contributed by atoms with van der Waals surface area (Å²) in [6, 6.07) is 9.96. The summed E-state index contributed by atoms with van der Waals surface area (Å²) in [4.78, 5) is 2.55. The van der Waals surface area contributed by atoms with E-state index in [1.54, 1.807) is 0 Å². The predicted molar refractivity (Wildman–Crippen MR) is 95.0 cm³/mol. The Morgan fingerprint density at radius 1 is 1.12 bits per heavy atom. The summed E-state index contributed by atoms with van der Waals surface area (Å²) in [6.07, 6.45) is 6.09. The van der Waals surface area contributed by atoms with Crippen LogP contribution in [0.3, 0.4) is 0 Å². The highest BCUT2D eigenvalue weighted by Crippen LogP contribution is 2.42. The van der Waals surface area contributed by atoms with E-state index in [9.17, 15) is 0 Å². The summed E-state index contributed by atoms with van der Waals surface area (Å²) in [7, 11) is 0. The Balaban J connectivity index is 1.75. The van der Waals surface area contributed by atoms with Gasteiger partial charge in [-0.3, -0.25) is 0 Å². The van der Waals surface area contributed by atoms with Gasteiger partial charge in [0, 0.05) is 11.7 Å². The van der Waals surface area contributed by atoms with Crippen LogP contribution in [0.1, 0.15) is 69.9 Å². The maximum atomic E-state index is 4.49. The molecule has 0 bridgehead atoms. The molecule has 1 fully saturated rings. The molecule has 5 heteroatoms. The molecule has 1 aliphatic heterocycles. The standard InChI is InChI=1S/C19H27N5/c1-13(2)18(19-20-21-22-24(19)16-9-5-6-10-16)23-14(3)12-15-8-4-7-11-17(15)23/h4,7-8,11,13-14,16,18H,5-6,9-10,12H2,1-3H3/t14-,18+/m1/s1. The van der Waals surface area contributed by atoms with E-state index in [4.69, 9.17) is 0 Å². The molecule has 2 aromatic rings. The van der Waals surface area contributed by atoms with Crippen LogP contribution in [0, 0.1) is 5.92 Å². The molecular formula is C19H27N5. The predicted octanol–water partition coefficient (Wildman–Crippen LogP) is 3.94. The fraction of sp³-hybridized carbons (Fsp3) is 0.632. The fourth-order valence-electron chi connectivity index (χ4n) is 4.56. The van der Waals surface area contributed by atoms with Gasteiger partial charge >= 0.3 is 0 Å². The highest BCUT2D eigenvalue weighted by atomic mass is 15.6. The van der Waals surface area contributed by atoms with Crippen LogP contribution in [0.15, 0.2) is 24.3 Å². The smallest absolute Gasteiger partial charge is 0.174 e. The van der Waals surface area contributed by atoms with Crippen molar-refractivity contribution in [3.63, 3.8) is 0 Å². The van der Waals surface area contributed by atoms with Gasteiger partial charge in [0.05, 0.1) is 12.1 Å². The van der Waals surface area contributed by atoms with Crippen molar-refractivity contribution in [2.45, 2.75) is 71.0 Å². The zero-order valence-corrected chi connectivity index (χ0v) is 14.9. The van der Waals surface area contributed by atoms with Crippen LogP contribution in [0.25, 0.3) is 0 Å². The van der Waals surface area contributed by atoms with Gasteiger partial charge < -0.3 is 4.90 Å². The first-order valence-electron chi connectivity index (χ1n) is 9.31. The molecule has 1 aromatic carbocycles. The van der Waals surface area contributed by atoms with E-state index in [0.29, 0.717) is 18.0 Å². The van der Waals surface area contributed by atoms with Crippen LogP contribution in [0.5, 0.6) is 0 Å². The summed E-state index contributed by atoms with van der Waals surface area (Å²) < 4.78 is 2.13. The molecule has 2 atom stereocenters. The molecule has 2 heterocycles. The molecule has 5 nitrogen and oxygen atoms in total. The quantitative estimate of drug-likeness (QED) is 0.854. The zero-order chi connectivity index (χ0) is 16.7. The van der Waals surface area contributed by atoms with Gasteiger partial charge in [0.25, 0.3) is 0 Å². The number of nitrogens with zero attached hydrogens (tertiary/aromatic N) is 5. The maximum Gasteiger partial charge on any atom is 0.174 e. The van der Waals surface area contributed by atoms with Gasteiger partial charge in [-0.15, -0.1) is 5.10 Å². The molecule has 1 saturated carbocycles. The minimum atomic E-state index is 0.222. The topological polar surface area (TPSA) is 46.8 Å². The Kier molecular flexibility index (Phi) is 4.02. The summed E-state index contributed by atoms with van der Waals surface area (Å²) in [5.74, 6) is 1.49. The monoisotopic (exact) mass is 325 g/mol. The minimum Gasteiger partial charge on any atom is -0.358 e. The van der Waals surface area contributed by atoms with Crippen LogP contribution in [0.2, 0.25) is 0 Å². The molecule has 0 amide bonds. The van der Waals surface area contributed by atoms with Gasteiger partial charge in [-0.2, -0.15) is 0 Å². The van der Waals surface area contributed by atoms with E-state index < -0.39 is 0 Å². The molecule has 0 saturated heterocycles. The minimum absolute atomic E-state index is 0.222. The average Bonchev–Trinajstić information content (AvgIpc) is 3.28. The molecule has 24 heavy (non-hydrogen) atoms. The van der Waals surface area contributed by atoms with Gasteiger partial charge in [0.1, 0.15) is 0 Å². The van der Waals surface area contributed by atoms with Gasteiger partial charge in [0.15, 0.2) is 5.82 Å². The fourth-order valence-corrected chi connectivity index (χ4v) is 4.56. The van der Waals surface area contributed by atoms with Crippen LogP contribution in [0.4, 0.5) is 5.69 Å². The normalized spacial score (nSPS) is 22.3. The molecule has 1 aromatic heterocycles. The number of para-hydroxylation sites is 1. The molecule has 0 unspecified atom stereocenters. The van der Waals surface area contributed by atoms with Crippen LogP contribution in [-0.4, -0.2) is 26.2 Å². The molecule has 128 valence electrons. The Labute approximate surface area is 144 Å². The van der Waals surface area contributed by atoms with E-state index in [1.165, 1.54) is 36.9 Å². The second-order valence-corrected chi connectivity index (χ2v) is 7.70. The zero-order valence-electron chi connectivity index (χ0n) is 14.9. The molecule has 0 spiro atoms. The molecule has 2 aliphatic rings. The lowest BCUT2D eigenvalue weighted by molar-refractivity contribution is 0.371. The lowest BCUT2D eigenvalue weighted by Crippen LogP contribution is -2.38. The summed E-state index contributed by atoms with van der Waals surface area (Å²) >= 11 is 0. The Bertz CT molecular complexity index is 701. The van der Waals surface area contributed by atoms with Gasteiger partial charge in [-0.1, -0.05) is 44.9 Å². The summed E-state index contributed by atoms with van der Waals surface area (Å²) in [5, 5.41) is 12.9. The van der Waals surface area contributed by atoms with Crippen molar-refractivity contribution >= 4 is 5.69 Å². The number of rotatable bonds is 4. The van der Waals surface area contributed by atoms with Crippen molar-refractivity contribution in [2.75, 3.05) is 4.90 Å². The molecule has 0 N–H and O–H groups in total. The largest absolute Gasteiger partial charge is 0.358 e. The third-order valence-electron chi connectivity index (χ3n) is 5.64. The van der Waals surface area contributed by atoms with Gasteiger partial charge in [-0.05, 0) is 54.2 Å². The van der Waals surface area contributed by atoms with E-state index in [1.807, 2.05) is 0 Å². The van der Waals surface area contributed by atoms with Gasteiger partial charge in [-0.25, -0.2) is 4.68 Å². The lowest BCUT2D eigenvalue weighted by Gasteiger charge is -2.36. The highest BCUT2D eigenvalue weighted by molar-refractivity contribution is 5.60. The third kappa shape index (κ3) is 2.50. The highest BCUT2D eigenvalue weighted by Gasteiger charge is 2.38. The van der Waals surface area contributed by atoms with Crippen molar-refractivity contribution in [1.29, 1.82) is 0 Å². The second kappa shape index (κ2) is 6.19. The second-order valence-electron chi connectivity index (χ2n) is 7.70.